The first kappa shape index (κ1) is 12.1. The zero-order chi connectivity index (χ0) is 12.1. The van der Waals surface area contributed by atoms with Gasteiger partial charge in [0.15, 0.2) is 0 Å². The van der Waals surface area contributed by atoms with Gasteiger partial charge in [-0.3, -0.25) is 0 Å². The van der Waals surface area contributed by atoms with Crippen molar-refractivity contribution in [1.82, 2.24) is 0 Å². The van der Waals surface area contributed by atoms with Gasteiger partial charge >= 0.3 is 5.97 Å². The summed E-state index contributed by atoms with van der Waals surface area (Å²) in [5.41, 5.74) is 1.61. The molecule has 0 radical (unpaired) electrons. The zero-order valence-corrected chi connectivity index (χ0v) is 10.1. The number of carbonyl (C=O) groups excluding carboxylic acids is 1. The van der Waals surface area contributed by atoms with Crippen LogP contribution in [-0.4, -0.2) is 19.2 Å². The number of benzene rings is 1. The Labute approximate surface area is 102 Å². The molecule has 0 N–H and O–H groups in total. The van der Waals surface area contributed by atoms with E-state index in [1.54, 1.807) is 6.07 Å². The van der Waals surface area contributed by atoms with Gasteiger partial charge in [-0.1, -0.05) is 25.0 Å². The molecule has 2 rings (SSSR count). The largest absolute Gasteiger partial charge is 0.465 e. The highest BCUT2D eigenvalue weighted by Gasteiger charge is 2.15. The smallest absolute Gasteiger partial charge is 0.337 e. The van der Waals surface area contributed by atoms with Gasteiger partial charge in [-0.25, -0.2) is 4.79 Å². The van der Waals surface area contributed by atoms with Crippen LogP contribution < -0.4 is 0 Å². The van der Waals surface area contributed by atoms with Crippen molar-refractivity contribution in [3.63, 3.8) is 0 Å². The van der Waals surface area contributed by atoms with Crippen LogP contribution >= 0.6 is 0 Å². The van der Waals surface area contributed by atoms with Crippen LogP contribution in [-0.2, 0) is 16.1 Å². The van der Waals surface area contributed by atoms with Gasteiger partial charge < -0.3 is 9.47 Å². The predicted molar refractivity (Wildman–Crippen MR) is 64.8 cm³/mol. The van der Waals surface area contributed by atoms with Crippen LogP contribution in [0.4, 0.5) is 0 Å². The van der Waals surface area contributed by atoms with Crippen molar-refractivity contribution in [2.45, 2.75) is 38.4 Å². The van der Waals surface area contributed by atoms with E-state index >= 15 is 0 Å². The molecule has 92 valence electrons. The highest BCUT2D eigenvalue weighted by atomic mass is 16.5. The molecule has 0 amide bonds. The fourth-order valence-electron chi connectivity index (χ4n) is 2.18. The van der Waals surface area contributed by atoms with Gasteiger partial charge in [0.25, 0.3) is 0 Å². The van der Waals surface area contributed by atoms with E-state index in [2.05, 4.69) is 4.74 Å². The van der Waals surface area contributed by atoms with E-state index in [0.29, 0.717) is 18.3 Å². The number of ether oxygens (including phenoxy) is 2. The average Bonchev–Trinajstić information content (AvgIpc) is 2.89. The lowest BCUT2D eigenvalue weighted by atomic mass is 10.1. The maximum absolute atomic E-state index is 11.4. The van der Waals surface area contributed by atoms with Crippen molar-refractivity contribution in [1.29, 1.82) is 0 Å². The van der Waals surface area contributed by atoms with E-state index in [0.717, 1.165) is 18.4 Å². The zero-order valence-electron chi connectivity index (χ0n) is 10.1. The monoisotopic (exact) mass is 234 g/mol. The highest BCUT2D eigenvalue weighted by molar-refractivity contribution is 5.89. The Bertz CT molecular complexity index is 381. The lowest BCUT2D eigenvalue weighted by molar-refractivity contribution is 0.0455. The Balaban J connectivity index is 1.93. The molecule has 1 aromatic rings. The van der Waals surface area contributed by atoms with E-state index < -0.39 is 0 Å². The van der Waals surface area contributed by atoms with Crippen LogP contribution in [0.3, 0.4) is 0 Å². The average molecular weight is 234 g/mol. The van der Waals surface area contributed by atoms with Crippen LogP contribution in [0.15, 0.2) is 24.3 Å². The number of methoxy groups -OCH3 is 1. The maximum atomic E-state index is 11.4. The maximum Gasteiger partial charge on any atom is 0.337 e. The number of rotatable bonds is 4. The summed E-state index contributed by atoms with van der Waals surface area (Å²) < 4.78 is 10.5. The van der Waals surface area contributed by atoms with Crippen molar-refractivity contribution in [3.8, 4) is 0 Å². The minimum Gasteiger partial charge on any atom is -0.465 e. The molecule has 0 aromatic heterocycles. The molecule has 0 unspecified atom stereocenters. The van der Waals surface area contributed by atoms with E-state index in [1.165, 1.54) is 20.0 Å². The van der Waals surface area contributed by atoms with E-state index in [1.807, 2.05) is 18.2 Å². The SMILES string of the molecule is COC(=O)c1cccc(COC2CCCC2)c1. The molecule has 1 aliphatic rings. The van der Waals surface area contributed by atoms with Crippen molar-refractivity contribution in [2.75, 3.05) is 7.11 Å². The molecular formula is C14H18O3. The third-order valence-corrected chi connectivity index (χ3v) is 3.14. The Morgan fingerprint density at radius 3 is 2.82 bits per heavy atom. The summed E-state index contributed by atoms with van der Waals surface area (Å²) in [6.07, 6.45) is 5.27. The predicted octanol–water partition coefficient (Wildman–Crippen LogP) is 2.93. The molecule has 0 atom stereocenters. The molecule has 0 aliphatic heterocycles. The molecular weight excluding hydrogens is 216 g/mol. The van der Waals surface area contributed by atoms with Gasteiger partial charge in [-0.05, 0) is 30.5 Å². The van der Waals surface area contributed by atoms with E-state index in [4.69, 9.17) is 4.74 Å². The second-order valence-electron chi connectivity index (χ2n) is 4.41. The quantitative estimate of drug-likeness (QED) is 0.751. The second kappa shape index (κ2) is 5.82. The van der Waals surface area contributed by atoms with Gasteiger partial charge in [-0.2, -0.15) is 0 Å². The van der Waals surface area contributed by atoms with Gasteiger partial charge in [0.05, 0.1) is 25.4 Å². The topological polar surface area (TPSA) is 35.5 Å². The summed E-state index contributed by atoms with van der Waals surface area (Å²) in [5.74, 6) is -0.298. The lowest BCUT2D eigenvalue weighted by Crippen LogP contribution is -2.08. The fraction of sp³-hybridized carbons (Fsp3) is 0.500. The number of esters is 1. The Morgan fingerprint density at radius 2 is 2.12 bits per heavy atom. The third kappa shape index (κ3) is 3.30. The summed E-state index contributed by atoms with van der Waals surface area (Å²) in [6, 6.07) is 7.42. The van der Waals surface area contributed by atoms with Crippen molar-refractivity contribution in [2.24, 2.45) is 0 Å². The molecule has 0 heterocycles. The molecule has 3 heteroatoms. The Kier molecular flexibility index (Phi) is 4.15. The summed E-state index contributed by atoms with van der Waals surface area (Å²) >= 11 is 0. The number of hydrogen-bond donors (Lipinski definition) is 0. The van der Waals surface area contributed by atoms with Gasteiger partial charge in [0, 0.05) is 0 Å². The fourth-order valence-corrected chi connectivity index (χ4v) is 2.18. The Morgan fingerprint density at radius 1 is 1.35 bits per heavy atom. The van der Waals surface area contributed by atoms with Crippen LogP contribution in [0, 0.1) is 0 Å². The van der Waals surface area contributed by atoms with Gasteiger partial charge in [0.2, 0.25) is 0 Å². The van der Waals surface area contributed by atoms with Gasteiger partial charge in [-0.15, -0.1) is 0 Å². The molecule has 0 spiro atoms. The first-order valence-corrected chi connectivity index (χ1v) is 6.08. The van der Waals surface area contributed by atoms with Crippen LogP contribution in [0.5, 0.6) is 0 Å². The highest BCUT2D eigenvalue weighted by Crippen LogP contribution is 2.22. The van der Waals surface area contributed by atoms with Crippen LogP contribution in [0.25, 0.3) is 0 Å². The normalized spacial score (nSPS) is 16.1. The minimum atomic E-state index is -0.298. The minimum absolute atomic E-state index is 0.298. The summed E-state index contributed by atoms with van der Waals surface area (Å²) in [5, 5.41) is 0. The van der Waals surface area contributed by atoms with Crippen molar-refractivity contribution >= 4 is 5.97 Å². The molecule has 17 heavy (non-hydrogen) atoms. The molecule has 3 nitrogen and oxygen atoms in total. The molecule has 1 aromatic carbocycles. The van der Waals surface area contributed by atoms with Crippen molar-refractivity contribution < 1.29 is 14.3 Å². The van der Waals surface area contributed by atoms with E-state index in [9.17, 15) is 4.79 Å². The Hall–Kier alpha value is -1.35. The van der Waals surface area contributed by atoms with E-state index in [-0.39, 0.29) is 5.97 Å². The second-order valence-corrected chi connectivity index (χ2v) is 4.41. The number of carbonyl (C=O) groups is 1. The standard InChI is InChI=1S/C14H18O3/c1-16-14(15)12-6-4-5-11(9-12)10-17-13-7-2-3-8-13/h4-6,9,13H,2-3,7-8,10H2,1H3. The summed E-state index contributed by atoms with van der Waals surface area (Å²) in [6.45, 7) is 0.579. The molecule has 0 saturated heterocycles. The molecule has 0 bridgehead atoms. The molecule has 1 aliphatic carbocycles. The van der Waals surface area contributed by atoms with Crippen LogP contribution in [0.1, 0.15) is 41.6 Å². The molecule has 1 fully saturated rings. The van der Waals surface area contributed by atoms with Gasteiger partial charge in [0.1, 0.15) is 0 Å². The summed E-state index contributed by atoms with van der Waals surface area (Å²) in [4.78, 5) is 11.4. The summed E-state index contributed by atoms with van der Waals surface area (Å²) in [7, 11) is 1.39. The first-order valence-electron chi connectivity index (χ1n) is 6.08. The molecule has 1 saturated carbocycles. The number of hydrogen-bond acceptors (Lipinski definition) is 3. The first-order chi connectivity index (χ1) is 8.29. The van der Waals surface area contributed by atoms with Crippen molar-refractivity contribution in [3.05, 3.63) is 35.4 Å². The lowest BCUT2D eigenvalue weighted by Gasteiger charge is -2.11. The third-order valence-electron chi connectivity index (χ3n) is 3.14. The van der Waals surface area contributed by atoms with Crippen LogP contribution in [0.2, 0.25) is 0 Å².